The van der Waals surface area contributed by atoms with Gasteiger partial charge < -0.3 is 15.4 Å². The fourth-order valence-electron chi connectivity index (χ4n) is 2.49. The number of piperidine rings is 1. The number of nitrogens with one attached hydrogen (secondary N) is 2. The Morgan fingerprint density at radius 1 is 1.24 bits per heavy atom. The molecular formula is C15H23Cl3N2O. The summed E-state index contributed by atoms with van der Waals surface area (Å²) in [6.45, 7) is 6.64. The van der Waals surface area contributed by atoms with Gasteiger partial charge in [-0.1, -0.05) is 23.2 Å². The van der Waals surface area contributed by atoms with Crippen molar-refractivity contribution >= 4 is 35.6 Å². The molecular weight excluding hydrogens is 331 g/mol. The van der Waals surface area contributed by atoms with Crippen LogP contribution in [0.4, 0.5) is 0 Å². The van der Waals surface area contributed by atoms with E-state index in [-0.39, 0.29) is 12.4 Å². The molecule has 0 amide bonds. The van der Waals surface area contributed by atoms with Crippen molar-refractivity contribution in [3.8, 4) is 5.75 Å². The van der Waals surface area contributed by atoms with E-state index in [1.54, 1.807) is 6.07 Å². The molecule has 1 saturated heterocycles. The van der Waals surface area contributed by atoms with E-state index in [1.807, 2.05) is 13.0 Å². The molecule has 1 aliphatic heterocycles. The molecule has 0 unspecified atom stereocenters. The third-order valence-electron chi connectivity index (χ3n) is 3.61. The largest absolute Gasteiger partial charge is 0.493 e. The molecule has 1 fully saturated rings. The predicted molar refractivity (Wildman–Crippen MR) is 92.2 cm³/mol. The van der Waals surface area contributed by atoms with Crippen molar-refractivity contribution in [1.29, 1.82) is 0 Å². The minimum Gasteiger partial charge on any atom is -0.493 e. The lowest BCUT2D eigenvalue weighted by atomic mass is 9.98. The van der Waals surface area contributed by atoms with Gasteiger partial charge in [0.05, 0.1) is 16.7 Å². The average Bonchev–Trinajstić information content (AvgIpc) is 2.45. The molecule has 2 rings (SSSR count). The molecule has 1 heterocycles. The van der Waals surface area contributed by atoms with Gasteiger partial charge in [0.25, 0.3) is 0 Å². The van der Waals surface area contributed by atoms with Gasteiger partial charge in [0, 0.05) is 18.2 Å². The van der Waals surface area contributed by atoms with Crippen LogP contribution in [-0.2, 0) is 6.54 Å². The molecule has 0 saturated carbocycles. The van der Waals surface area contributed by atoms with Crippen LogP contribution in [0, 0.1) is 5.92 Å². The number of ether oxygens (including phenoxy) is 1. The second-order valence-electron chi connectivity index (χ2n) is 5.13. The zero-order chi connectivity index (χ0) is 14.4. The molecule has 0 spiro atoms. The highest BCUT2D eigenvalue weighted by atomic mass is 35.5. The number of halogens is 3. The van der Waals surface area contributed by atoms with E-state index < -0.39 is 0 Å². The van der Waals surface area contributed by atoms with Crippen LogP contribution in [0.25, 0.3) is 0 Å². The third kappa shape index (κ3) is 5.84. The van der Waals surface area contributed by atoms with E-state index in [2.05, 4.69) is 10.6 Å². The summed E-state index contributed by atoms with van der Waals surface area (Å²) in [6.07, 6.45) is 2.49. The summed E-state index contributed by atoms with van der Waals surface area (Å²) in [5.41, 5.74) is 1.06. The lowest BCUT2D eigenvalue weighted by molar-refractivity contribution is 0.331. The minimum absolute atomic E-state index is 0. The summed E-state index contributed by atoms with van der Waals surface area (Å²) < 4.78 is 5.62. The summed E-state index contributed by atoms with van der Waals surface area (Å²) in [4.78, 5) is 0. The maximum atomic E-state index is 6.09. The zero-order valence-electron chi connectivity index (χ0n) is 12.3. The number of hydrogen-bond acceptors (Lipinski definition) is 3. The van der Waals surface area contributed by atoms with Crippen LogP contribution in [0.15, 0.2) is 12.1 Å². The lowest BCUT2D eigenvalue weighted by Gasteiger charge is -2.23. The number of hydrogen-bond donors (Lipinski definition) is 2. The summed E-state index contributed by atoms with van der Waals surface area (Å²) in [7, 11) is 0. The molecule has 0 aliphatic carbocycles. The van der Waals surface area contributed by atoms with Crippen LogP contribution < -0.4 is 15.4 Å². The Hall–Kier alpha value is -0.190. The molecule has 120 valence electrons. The van der Waals surface area contributed by atoms with Crippen LogP contribution in [0.2, 0.25) is 10.0 Å². The van der Waals surface area contributed by atoms with Crippen LogP contribution in [0.5, 0.6) is 5.75 Å². The Balaban J connectivity index is 0.00000220. The highest BCUT2D eigenvalue weighted by molar-refractivity contribution is 6.42. The van der Waals surface area contributed by atoms with Crippen molar-refractivity contribution in [3.05, 3.63) is 27.7 Å². The van der Waals surface area contributed by atoms with Gasteiger partial charge in [-0.3, -0.25) is 0 Å². The highest BCUT2D eigenvalue weighted by Gasteiger charge is 2.13. The monoisotopic (exact) mass is 352 g/mol. The first-order valence-electron chi connectivity index (χ1n) is 7.23. The van der Waals surface area contributed by atoms with Gasteiger partial charge >= 0.3 is 0 Å². The molecule has 1 aromatic rings. The minimum atomic E-state index is 0. The topological polar surface area (TPSA) is 33.3 Å². The van der Waals surface area contributed by atoms with Gasteiger partial charge in [0.2, 0.25) is 0 Å². The maximum Gasteiger partial charge on any atom is 0.125 e. The first-order chi connectivity index (χ1) is 9.70. The van der Waals surface area contributed by atoms with Gasteiger partial charge in [-0.15, -0.1) is 12.4 Å². The Labute approximate surface area is 143 Å². The van der Waals surface area contributed by atoms with Crippen LogP contribution in [0.3, 0.4) is 0 Å². The van der Waals surface area contributed by atoms with E-state index in [0.717, 1.165) is 43.4 Å². The van der Waals surface area contributed by atoms with Gasteiger partial charge in [0.1, 0.15) is 5.75 Å². The number of rotatable bonds is 6. The Morgan fingerprint density at radius 3 is 2.57 bits per heavy atom. The first-order valence-corrected chi connectivity index (χ1v) is 7.98. The van der Waals surface area contributed by atoms with E-state index in [1.165, 1.54) is 12.8 Å². The van der Waals surface area contributed by atoms with Gasteiger partial charge in [-0.2, -0.15) is 0 Å². The maximum absolute atomic E-state index is 6.09. The third-order valence-corrected chi connectivity index (χ3v) is 4.33. The molecule has 0 bridgehead atoms. The lowest BCUT2D eigenvalue weighted by Crippen LogP contribution is -2.33. The Morgan fingerprint density at radius 2 is 1.90 bits per heavy atom. The van der Waals surface area contributed by atoms with Crippen LogP contribution in [0.1, 0.15) is 25.3 Å². The molecule has 1 aromatic carbocycles. The van der Waals surface area contributed by atoms with Crippen molar-refractivity contribution in [2.24, 2.45) is 5.92 Å². The summed E-state index contributed by atoms with van der Waals surface area (Å²) in [5, 5.41) is 8.01. The normalized spacial score (nSPS) is 15.6. The summed E-state index contributed by atoms with van der Waals surface area (Å²) >= 11 is 12.1. The van der Waals surface area contributed by atoms with Crippen molar-refractivity contribution in [3.63, 3.8) is 0 Å². The van der Waals surface area contributed by atoms with Gasteiger partial charge in [-0.05, 0) is 51.4 Å². The standard InChI is InChI=1S/C15H22Cl2N2O.ClH/c1-2-20-15-8-14(17)13(16)7-12(15)10-19-9-11-3-5-18-6-4-11;/h7-8,11,18-19H,2-6,9-10H2,1H3;1H. The Bertz CT molecular complexity index is 437. The smallest absolute Gasteiger partial charge is 0.125 e. The van der Waals surface area contributed by atoms with E-state index in [9.17, 15) is 0 Å². The molecule has 1 aliphatic rings. The Kier molecular flexibility index (Phi) is 8.76. The van der Waals surface area contributed by atoms with Crippen LogP contribution in [-0.4, -0.2) is 26.2 Å². The molecule has 0 aromatic heterocycles. The second kappa shape index (κ2) is 9.75. The van der Waals surface area contributed by atoms with Crippen molar-refractivity contribution in [2.45, 2.75) is 26.3 Å². The predicted octanol–water partition coefficient (Wildman–Crippen LogP) is 3.90. The number of benzene rings is 1. The van der Waals surface area contributed by atoms with Gasteiger partial charge in [-0.25, -0.2) is 0 Å². The molecule has 21 heavy (non-hydrogen) atoms. The quantitative estimate of drug-likeness (QED) is 0.813. The molecule has 6 heteroatoms. The molecule has 0 atom stereocenters. The van der Waals surface area contributed by atoms with Crippen molar-refractivity contribution in [1.82, 2.24) is 10.6 Å². The van der Waals surface area contributed by atoms with E-state index in [4.69, 9.17) is 27.9 Å². The SMILES string of the molecule is CCOc1cc(Cl)c(Cl)cc1CNCC1CCNCC1.Cl. The zero-order valence-corrected chi connectivity index (χ0v) is 14.6. The summed E-state index contributed by atoms with van der Waals surface area (Å²) in [6, 6.07) is 3.69. The second-order valence-corrected chi connectivity index (χ2v) is 5.95. The molecule has 3 nitrogen and oxygen atoms in total. The van der Waals surface area contributed by atoms with Gasteiger partial charge in [0.15, 0.2) is 0 Å². The van der Waals surface area contributed by atoms with E-state index in [0.29, 0.717) is 16.7 Å². The molecule has 0 radical (unpaired) electrons. The first kappa shape index (κ1) is 18.9. The highest BCUT2D eigenvalue weighted by Crippen LogP contribution is 2.30. The van der Waals surface area contributed by atoms with Crippen molar-refractivity contribution in [2.75, 3.05) is 26.2 Å². The van der Waals surface area contributed by atoms with Crippen LogP contribution >= 0.6 is 35.6 Å². The van der Waals surface area contributed by atoms with Crippen molar-refractivity contribution < 1.29 is 4.74 Å². The fraction of sp³-hybridized carbons (Fsp3) is 0.600. The van der Waals surface area contributed by atoms with E-state index >= 15 is 0 Å². The fourth-order valence-corrected chi connectivity index (χ4v) is 2.83. The molecule has 2 N–H and O–H groups in total. The average molecular weight is 354 g/mol. The summed E-state index contributed by atoms with van der Waals surface area (Å²) in [5.74, 6) is 1.58.